The Kier molecular flexibility index (Phi) is 2.93. The highest BCUT2D eigenvalue weighted by atomic mass is 28.2. The minimum Gasteiger partial charge on any atom is -0.425 e. The lowest BCUT2D eigenvalue weighted by atomic mass is 10.00. The first-order valence-corrected chi connectivity index (χ1v) is 5.86. The molecule has 72 valence electrons. The highest BCUT2D eigenvalue weighted by molar-refractivity contribution is 6.26. The zero-order valence-electron chi connectivity index (χ0n) is 8.35. The van der Waals surface area contributed by atoms with Gasteiger partial charge in [-0.3, -0.25) is 0 Å². The van der Waals surface area contributed by atoms with Gasteiger partial charge in [0.25, 0.3) is 0 Å². The highest BCUT2D eigenvalue weighted by Gasteiger charge is 2.60. The fourth-order valence-electron chi connectivity index (χ4n) is 1.15. The molecule has 3 nitrogen and oxygen atoms in total. The summed E-state index contributed by atoms with van der Waals surface area (Å²) in [6, 6.07) is 0. The van der Waals surface area contributed by atoms with Crippen molar-refractivity contribution in [2.45, 2.75) is 32.0 Å². The number of ether oxygens (including phenoxy) is 2. The van der Waals surface area contributed by atoms with Crippen LogP contribution in [0.1, 0.15) is 20.8 Å². The van der Waals surface area contributed by atoms with Crippen LogP contribution in [0.25, 0.3) is 0 Å². The van der Waals surface area contributed by atoms with Gasteiger partial charge in [-0.05, 0) is 20.8 Å². The molecule has 0 aliphatic carbocycles. The van der Waals surface area contributed by atoms with Gasteiger partial charge in [-0.1, -0.05) is 0 Å². The van der Waals surface area contributed by atoms with Gasteiger partial charge in [0.1, 0.15) is 5.60 Å². The first-order chi connectivity index (χ1) is 5.52. The Hall–Kier alpha value is 0.0969. The number of hydrogen-bond donors (Lipinski definition) is 0. The Morgan fingerprint density at radius 2 is 1.92 bits per heavy atom. The lowest BCUT2D eigenvalue weighted by Gasteiger charge is -2.08. The van der Waals surface area contributed by atoms with E-state index in [1.165, 1.54) is 0 Å². The zero-order valence-corrected chi connectivity index (χ0v) is 9.76. The van der Waals surface area contributed by atoms with Gasteiger partial charge in [0, 0.05) is 7.11 Å². The zero-order chi connectivity index (χ0) is 9.24. The molecule has 1 fully saturated rings. The normalized spacial score (nSPS) is 33.0. The third-order valence-electron chi connectivity index (χ3n) is 2.52. The van der Waals surface area contributed by atoms with Crippen LogP contribution in [-0.4, -0.2) is 40.9 Å². The third-order valence-corrected chi connectivity index (χ3v) is 3.39. The predicted molar refractivity (Wildman–Crippen MR) is 49.9 cm³/mol. The summed E-state index contributed by atoms with van der Waals surface area (Å²) in [5, 5.41) is 0. The molecule has 0 aromatic carbocycles. The minimum absolute atomic E-state index is 0.00161. The van der Waals surface area contributed by atoms with E-state index in [4.69, 9.17) is 13.9 Å². The quantitative estimate of drug-likeness (QED) is 0.354. The third kappa shape index (κ3) is 2.07. The summed E-state index contributed by atoms with van der Waals surface area (Å²) < 4.78 is 16.0. The molecule has 1 aliphatic heterocycles. The predicted octanol–water partition coefficient (Wildman–Crippen LogP) is 0.258. The lowest BCUT2D eigenvalue weighted by Crippen LogP contribution is -2.24. The lowest BCUT2D eigenvalue weighted by molar-refractivity contribution is 0.110. The van der Waals surface area contributed by atoms with Gasteiger partial charge in [0.2, 0.25) is 0 Å². The van der Waals surface area contributed by atoms with Crippen molar-refractivity contribution in [2.24, 2.45) is 0 Å². The molecule has 0 radical (unpaired) electrons. The highest BCUT2D eigenvalue weighted by Crippen LogP contribution is 2.47. The topological polar surface area (TPSA) is 31.0 Å². The Morgan fingerprint density at radius 1 is 1.33 bits per heavy atom. The average molecular weight is 190 g/mol. The molecule has 1 rings (SSSR count). The van der Waals surface area contributed by atoms with E-state index in [1.54, 1.807) is 7.11 Å². The van der Waals surface area contributed by atoms with E-state index in [9.17, 15) is 0 Å². The van der Waals surface area contributed by atoms with E-state index >= 15 is 0 Å². The molecule has 1 unspecified atom stereocenters. The summed E-state index contributed by atoms with van der Waals surface area (Å²) in [7, 11) is 1.30. The number of epoxide rings is 1. The van der Waals surface area contributed by atoms with Gasteiger partial charge in [-0.15, -0.1) is 0 Å². The first-order valence-electron chi connectivity index (χ1n) is 4.29. The Morgan fingerprint density at radius 3 is 2.33 bits per heavy atom. The van der Waals surface area contributed by atoms with Crippen molar-refractivity contribution in [1.82, 2.24) is 0 Å². The molecule has 0 amide bonds. The molecule has 4 heteroatoms. The average Bonchev–Trinajstić information content (AvgIpc) is 2.45. The molecule has 12 heavy (non-hydrogen) atoms. The van der Waals surface area contributed by atoms with E-state index in [2.05, 4.69) is 20.8 Å². The van der Waals surface area contributed by atoms with Crippen molar-refractivity contribution >= 4 is 9.76 Å². The molecule has 0 spiro atoms. The van der Waals surface area contributed by atoms with Gasteiger partial charge in [0.15, 0.2) is 9.76 Å². The Bertz CT molecular complexity index is 160. The Balaban J connectivity index is 2.09. The molecule has 1 aliphatic rings. The van der Waals surface area contributed by atoms with E-state index in [-0.39, 0.29) is 11.2 Å². The summed E-state index contributed by atoms with van der Waals surface area (Å²) in [5.41, 5.74) is -0.0588. The molecule has 0 bridgehead atoms. The van der Waals surface area contributed by atoms with Crippen molar-refractivity contribution in [1.29, 1.82) is 0 Å². The number of hydrogen-bond acceptors (Lipinski definition) is 3. The minimum atomic E-state index is -0.433. The van der Waals surface area contributed by atoms with Crippen LogP contribution in [0.5, 0.6) is 0 Å². The summed E-state index contributed by atoms with van der Waals surface area (Å²) in [6.07, 6.45) is 0.783. The summed E-state index contributed by atoms with van der Waals surface area (Å²) in [5.74, 6) is 0. The van der Waals surface area contributed by atoms with Crippen molar-refractivity contribution < 1.29 is 13.9 Å². The van der Waals surface area contributed by atoms with E-state index in [1.807, 2.05) is 0 Å². The van der Waals surface area contributed by atoms with Gasteiger partial charge in [0.05, 0.1) is 18.4 Å². The summed E-state index contributed by atoms with van der Waals surface area (Å²) >= 11 is 0. The second kappa shape index (κ2) is 3.45. The van der Waals surface area contributed by atoms with Crippen LogP contribution in [0.4, 0.5) is 0 Å². The monoisotopic (exact) mass is 190 g/mol. The number of rotatable bonds is 5. The largest absolute Gasteiger partial charge is 0.425 e. The molecule has 0 N–H and O–H groups in total. The second-order valence-corrected chi connectivity index (χ2v) is 5.28. The van der Waals surface area contributed by atoms with Gasteiger partial charge in [-0.25, -0.2) is 0 Å². The van der Waals surface area contributed by atoms with E-state index < -0.39 is 9.76 Å². The molecule has 1 atom stereocenters. The van der Waals surface area contributed by atoms with Crippen molar-refractivity contribution in [3.8, 4) is 0 Å². The van der Waals surface area contributed by atoms with Crippen LogP contribution in [0.15, 0.2) is 0 Å². The van der Waals surface area contributed by atoms with Crippen LogP contribution in [0.3, 0.4) is 0 Å². The maximum atomic E-state index is 5.52. The van der Waals surface area contributed by atoms with Crippen LogP contribution >= 0.6 is 0 Å². The van der Waals surface area contributed by atoms with Gasteiger partial charge < -0.3 is 13.9 Å². The van der Waals surface area contributed by atoms with Gasteiger partial charge in [-0.2, -0.15) is 0 Å². The fraction of sp³-hybridized carbons (Fsp3) is 1.00. The summed E-state index contributed by atoms with van der Waals surface area (Å²) in [4.78, 5) is 0. The van der Waals surface area contributed by atoms with Crippen LogP contribution < -0.4 is 0 Å². The first kappa shape index (κ1) is 10.2. The van der Waals surface area contributed by atoms with Crippen LogP contribution in [-0.2, 0) is 13.9 Å². The Labute approximate surface area is 76.3 Å². The molecule has 0 aromatic rings. The molecule has 1 heterocycles. The van der Waals surface area contributed by atoms with Crippen molar-refractivity contribution in [3.05, 3.63) is 0 Å². The smallest absolute Gasteiger partial charge is 0.186 e. The molecule has 0 aromatic heterocycles. The SMILES string of the molecule is CO[SiH2]COCC1(C)OC1(C)C. The standard InChI is InChI=1S/C8H18O3Si/c1-7(2)8(3,11-7)5-10-6-12-9-4/h5-6,12H2,1-4H3. The van der Waals surface area contributed by atoms with Crippen molar-refractivity contribution in [3.63, 3.8) is 0 Å². The van der Waals surface area contributed by atoms with Crippen LogP contribution in [0, 0.1) is 0 Å². The fourth-order valence-corrected chi connectivity index (χ4v) is 1.58. The maximum Gasteiger partial charge on any atom is 0.186 e. The van der Waals surface area contributed by atoms with Crippen molar-refractivity contribution in [2.75, 3.05) is 19.9 Å². The molecular weight excluding hydrogens is 172 g/mol. The molecular formula is C8H18O3Si. The summed E-state index contributed by atoms with van der Waals surface area (Å²) in [6.45, 7) is 6.95. The molecule has 1 saturated heterocycles. The van der Waals surface area contributed by atoms with Crippen LogP contribution in [0.2, 0.25) is 0 Å². The maximum absolute atomic E-state index is 5.52. The molecule has 0 saturated carbocycles. The van der Waals surface area contributed by atoms with E-state index in [0.29, 0.717) is 6.61 Å². The van der Waals surface area contributed by atoms with E-state index in [0.717, 1.165) is 6.23 Å². The van der Waals surface area contributed by atoms with Gasteiger partial charge >= 0.3 is 0 Å². The second-order valence-electron chi connectivity index (χ2n) is 3.89.